The number of aryl methyl sites for hydroxylation is 1. The highest BCUT2D eigenvalue weighted by Crippen LogP contribution is 2.30. The summed E-state index contributed by atoms with van der Waals surface area (Å²) in [6, 6.07) is 8.28. The predicted octanol–water partition coefficient (Wildman–Crippen LogP) is 3.58. The van der Waals surface area contributed by atoms with Crippen molar-refractivity contribution in [1.29, 1.82) is 0 Å². The van der Waals surface area contributed by atoms with Gasteiger partial charge in [0.15, 0.2) is 0 Å². The van der Waals surface area contributed by atoms with E-state index in [1.807, 2.05) is 0 Å². The molecule has 1 aliphatic rings. The van der Waals surface area contributed by atoms with Crippen LogP contribution in [0, 0.1) is 23.0 Å². The van der Waals surface area contributed by atoms with Crippen molar-refractivity contribution in [2.24, 2.45) is 5.92 Å². The van der Waals surface area contributed by atoms with E-state index >= 15 is 0 Å². The van der Waals surface area contributed by atoms with Gasteiger partial charge >= 0.3 is 0 Å². The lowest BCUT2D eigenvalue weighted by Crippen LogP contribution is -2.38. The van der Waals surface area contributed by atoms with Gasteiger partial charge in [-0.15, -0.1) is 0 Å². The molecule has 0 aromatic heterocycles. The Bertz CT molecular complexity index is 1110. The smallest absolute Gasteiger partial charge is 0.271 e. The summed E-state index contributed by atoms with van der Waals surface area (Å²) in [6.45, 7) is 4.69. The molecule has 1 fully saturated rings. The molecule has 9 nitrogen and oxygen atoms in total. The third-order valence-electron chi connectivity index (χ3n) is 5.48. The average molecular weight is 448 g/mol. The predicted molar refractivity (Wildman–Crippen MR) is 116 cm³/mol. The van der Waals surface area contributed by atoms with Crippen molar-refractivity contribution in [3.8, 4) is 5.75 Å². The van der Waals surface area contributed by atoms with E-state index in [4.69, 9.17) is 4.74 Å². The molecule has 2 aromatic rings. The molecule has 1 aliphatic heterocycles. The number of non-ortho nitro benzene ring substituents is 1. The van der Waals surface area contributed by atoms with Crippen molar-refractivity contribution in [3.05, 3.63) is 57.6 Å². The lowest BCUT2D eigenvalue weighted by atomic mass is 10.0. The van der Waals surface area contributed by atoms with Crippen molar-refractivity contribution in [2.75, 3.05) is 25.5 Å². The zero-order chi connectivity index (χ0) is 22.8. The first-order valence-electron chi connectivity index (χ1n) is 9.88. The third kappa shape index (κ3) is 4.86. The number of nitrogens with one attached hydrogen (secondary N) is 1. The summed E-state index contributed by atoms with van der Waals surface area (Å²) in [5.74, 6) is 0.152. The number of amides is 1. The summed E-state index contributed by atoms with van der Waals surface area (Å²) < 4.78 is 32.7. The van der Waals surface area contributed by atoms with Crippen LogP contribution in [-0.4, -0.2) is 43.8 Å². The number of ether oxygens (including phenoxy) is 1. The molecular weight excluding hydrogens is 422 g/mol. The maximum absolute atomic E-state index is 13.1. The lowest BCUT2D eigenvalue weighted by molar-refractivity contribution is -0.384. The van der Waals surface area contributed by atoms with Gasteiger partial charge in [-0.2, -0.15) is 4.31 Å². The molecule has 2 aromatic carbocycles. The SMILES string of the molecule is COc1ccc([N+](=O)[O-])cc1NC(=O)c1cc(S(=O)(=O)N2CCC(C)CC2)ccc1C. The Kier molecular flexibility index (Phi) is 6.61. The van der Waals surface area contributed by atoms with Crippen molar-refractivity contribution in [2.45, 2.75) is 31.6 Å². The number of nitro benzene ring substituents is 1. The molecule has 1 N–H and O–H groups in total. The minimum atomic E-state index is -3.72. The average Bonchev–Trinajstić information content (AvgIpc) is 2.74. The lowest BCUT2D eigenvalue weighted by Gasteiger charge is -2.29. The largest absolute Gasteiger partial charge is 0.495 e. The quantitative estimate of drug-likeness (QED) is 0.534. The van der Waals surface area contributed by atoms with E-state index < -0.39 is 20.9 Å². The molecule has 1 heterocycles. The first kappa shape index (κ1) is 22.7. The van der Waals surface area contributed by atoms with Gasteiger partial charge in [0, 0.05) is 30.8 Å². The maximum Gasteiger partial charge on any atom is 0.271 e. The van der Waals surface area contributed by atoms with Gasteiger partial charge in [0.2, 0.25) is 10.0 Å². The first-order chi connectivity index (χ1) is 14.6. The molecule has 166 valence electrons. The van der Waals surface area contributed by atoms with E-state index in [1.54, 1.807) is 13.0 Å². The maximum atomic E-state index is 13.1. The summed E-state index contributed by atoms with van der Waals surface area (Å²) >= 11 is 0. The zero-order valence-corrected chi connectivity index (χ0v) is 18.4. The molecule has 0 unspecified atom stereocenters. The van der Waals surface area contributed by atoms with Crippen LogP contribution in [0.1, 0.15) is 35.7 Å². The number of piperidine rings is 1. The van der Waals surface area contributed by atoms with Gasteiger partial charge < -0.3 is 10.1 Å². The second-order valence-electron chi connectivity index (χ2n) is 7.66. The van der Waals surface area contributed by atoms with E-state index in [0.29, 0.717) is 24.6 Å². The summed E-state index contributed by atoms with van der Waals surface area (Å²) in [7, 11) is -2.34. The second-order valence-corrected chi connectivity index (χ2v) is 9.60. The van der Waals surface area contributed by atoms with Crippen molar-refractivity contribution < 1.29 is 22.9 Å². The van der Waals surface area contributed by atoms with Crippen LogP contribution >= 0.6 is 0 Å². The molecule has 3 rings (SSSR count). The van der Waals surface area contributed by atoms with E-state index in [1.165, 1.54) is 41.7 Å². The van der Waals surface area contributed by atoms with Crippen molar-refractivity contribution >= 4 is 27.3 Å². The molecule has 1 saturated heterocycles. The van der Waals surface area contributed by atoms with Gasteiger partial charge in [0.25, 0.3) is 11.6 Å². The summed E-state index contributed by atoms with van der Waals surface area (Å²) in [5.41, 5.74) is 0.663. The number of rotatable bonds is 6. The number of carbonyl (C=O) groups is 1. The Balaban J connectivity index is 1.91. The Morgan fingerprint density at radius 3 is 2.48 bits per heavy atom. The number of nitro groups is 1. The summed E-state index contributed by atoms with van der Waals surface area (Å²) in [6.07, 6.45) is 1.59. The van der Waals surface area contributed by atoms with Gasteiger partial charge in [-0.1, -0.05) is 13.0 Å². The molecule has 0 spiro atoms. The Morgan fingerprint density at radius 1 is 1.19 bits per heavy atom. The summed E-state index contributed by atoms with van der Waals surface area (Å²) in [5, 5.41) is 13.7. The van der Waals surface area contributed by atoms with Gasteiger partial charge in [0.1, 0.15) is 5.75 Å². The first-order valence-corrected chi connectivity index (χ1v) is 11.3. The molecule has 0 saturated carbocycles. The number of nitrogens with zero attached hydrogens (tertiary/aromatic N) is 2. The van der Waals surface area contributed by atoms with Gasteiger partial charge in [-0.3, -0.25) is 14.9 Å². The van der Waals surface area contributed by atoms with Crippen LogP contribution in [0.4, 0.5) is 11.4 Å². The molecule has 0 bridgehead atoms. The normalized spacial score (nSPS) is 15.5. The molecule has 1 amide bonds. The highest BCUT2D eigenvalue weighted by Gasteiger charge is 2.29. The molecular formula is C21H25N3O6S. The molecule has 0 aliphatic carbocycles. The van der Waals surface area contributed by atoms with Crippen LogP contribution in [0.15, 0.2) is 41.3 Å². The van der Waals surface area contributed by atoms with E-state index in [9.17, 15) is 23.3 Å². The Morgan fingerprint density at radius 2 is 1.87 bits per heavy atom. The minimum absolute atomic E-state index is 0.0452. The van der Waals surface area contributed by atoms with Crippen LogP contribution in [0.3, 0.4) is 0 Å². The molecule has 0 atom stereocenters. The number of anilines is 1. The number of methoxy groups -OCH3 is 1. The van der Waals surface area contributed by atoms with Crippen molar-refractivity contribution in [1.82, 2.24) is 4.31 Å². The zero-order valence-electron chi connectivity index (χ0n) is 17.6. The van der Waals surface area contributed by atoms with E-state index in [0.717, 1.165) is 12.8 Å². The fourth-order valence-corrected chi connectivity index (χ4v) is 4.97. The highest BCUT2D eigenvalue weighted by molar-refractivity contribution is 7.89. The van der Waals surface area contributed by atoms with Crippen LogP contribution in [0.2, 0.25) is 0 Å². The minimum Gasteiger partial charge on any atom is -0.495 e. The van der Waals surface area contributed by atoms with Crippen LogP contribution < -0.4 is 10.1 Å². The van der Waals surface area contributed by atoms with E-state index in [-0.39, 0.29) is 27.6 Å². The third-order valence-corrected chi connectivity index (χ3v) is 7.37. The van der Waals surface area contributed by atoms with Gasteiger partial charge in [0.05, 0.1) is 22.6 Å². The topological polar surface area (TPSA) is 119 Å². The van der Waals surface area contributed by atoms with Gasteiger partial charge in [-0.25, -0.2) is 8.42 Å². The number of carbonyl (C=O) groups excluding carboxylic acids is 1. The fourth-order valence-electron chi connectivity index (χ4n) is 3.48. The van der Waals surface area contributed by atoms with Gasteiger partial charge in [-0.05, 0) is 49.4 Å². The Hall–Kier alpha value is -2.98. The number of hydrogen-bond acceptors (Lipinski definition) is 6. The van der Waals surface area contributed by atoms with Crippen LogP contribution in [-0.2, 0) is 10.0 Å². The number of sulfonamides is 1. The molecule has 10 heteroatoms. The highest BCUT2D eigenvalue weighted by atomic mass is 32.2. The standard InChI is InChI=1S/C21H25N3O6S/c1-14-8-10-23(11-9-14)31(28,29)17-6-4-15(2)18(13-17)21(25)22-19-12-16(24(26)27)5-7-20(19)30-3/h4-7,12-14H,8-11H2,1-3H3,(H,22,25). The molecule has 0 radical (unpaired) electrons. The number of hydrogen-bond donors (Lipinski definition) is 1. The van der Waals surface area contributed by atoms with E-state index in [2.05, 4.69) is 12.2 Å². The summed E-state index contributed by atoms with van der Waals surface area (Å²) in [4.78, 5) is 23.5. The second kappa shape index (κ2) is 9.03. The van der Waals surface area contributed by atoms with Crippen LogP contribution in [0.25, 0.3) is 0 Å². The monoisotopic (exact) mass is 447 g/mol. The van der Waals surface area contributed by atoms with Crippen LogP contribution in [0.5, 0.6) is 5.75 Å². The fraction of sp³-hybridized carbons (Fsp3) is 0.381. The Labute approximate surface area is 181 Å². The number of benzene rings is 2. The molecule has 31 heavy (non-hydrogen) atoms. The van der Waals surface area contributed by atoms with Crippen molar-refractivity contribution in [3.63, 3.8) is 0 Å².